The Morgan fingerprint density at radius 2 is 1.76 bits per heavy atom. The van der Waals surface area contributed by atoms with Crippen molar-refractivity contribution >= 4 is 22.2 Å². The molecule has 1 fully saturated rings. The number of carbonyl (C=O) groups excluding carboxylic acids is 1. The van der Waals surface area contributed by atoms with Gasteiger partial charge in [0.25, 0.3) is 11.5 Å². The Morgan fingerprint density at radius 3 is 2.53 bits per heavy atom. The summed E-state index contributed by atoms with van der Waals surface area (Å²) >= 11 is 1.18. The number of aromatic nitrogens is 3. The van der Waals surface area contributed by atoms with Crippen LogP contribution in [0.1, 0.15) is 5.69 Å². The fourth-order valence-electron chi connectivity index (χ4n) is 3.82. The average Bonchev–Trinajstić information content (AvgIpc) is 3.28. The van der Waals surface area contributed by atoms with Gasteiger partial charge >= 0.3 is 0 Å². The minimum atomic E-state index is -0.392. The van der Waals surface area contributed by atoms with Crippen LogP contribution in [-0.2, 0) is 11.3 Å². The van der Waals surface area contributed by atoms with Crippen molar-refractivity contribution in [1.29, 1.82) is 0 Å². The van der Waals surface area contributed by atoms with E-state index < -0.39 is 5.82 Å². The summed E-state index contributed by atoms with van der Waals surface area (Å²) in [6.45, 7) is 2.99. The van der Waals surface area contributed by atoms with Crippen molar-refractivity contribution in [3.05, 3.63) is 82.5 Å². The van der Waals surface area contributed by atoms with Crippen LogP contribution in [0.3, 0.4) is 0 Å². The number of fused-ring (bicyclic) bond motifs is 1. The van der Waals surface area contributed by atoms with Crippen LogP contribution in [0.2, 0.25) is 0 Å². The number of benzene rings is 2. The van der Waals surface area contributed by atoms with Crippen LogP contribution in [0.25, 0.3) is 15.5 Å². The molecule has 5 rings (SSSR count). The van der Waals surface area contributed by atoms with Gasteiger partial charge in [0.2, 0.25) is 4.96 Å². The van der Waals surface area contributed by atoms with Crippen molar-refractivity contribution in [2.75, 3.05) is 32.8 Å². The Hall–Kier alpha value is -3.63. The number of carbonyl (C=O) groups is 1. The highest BCUT2D eigenvalue weighted by Crippen LogP contribution is 2.26. The van der Waals surface area contributed by atoms with E-state index in [1.54, 1.807) is 23.1 Å². The number of ether oxygens (including phenoxy) is 1. The molecule has 0 aliphatic carbocycles. The summed E-state index contributed by atoms with van der Waals surface area (Å²) in [6.07, 6.45) is 0. The molecule has 0 bridgehead atoms. The summed E-state index contributed by atoms with van der Waals surface area (Å²) in [5.41, 5.74) is 0.669. The van der Waals surface area contributed by atoms with Crippen molar-refractivity contribution in [3.63, 3.8) is 0 Å². The fourth-order valence-corrected chi connectivity index (χ4v) is 4.77. The van der Waals surface area contributed by atoms with Gasteiger partial charge in [-0.3, -0.25) is 14.5 Å². The number of rotatable bonds is 6. The van der Waals surface area contributed by atoms with Gasteiger partial charge in [-0.15, -0.1) is 0 Å². The number of para-hydroxylation sites is 1. The van der Waals surface area contributed by atoms with Crippen molar-refractivity contribution in [3.8, 4) is 16.3 Å². The van der Waals surface area contributed by atoms with Crippen molar-refractivity contribution in [2.45, 2.75) is 6.54 Å². The number of piperazine rings is 1. The third kappa shape index (κ3) is 4.82. The highest BCUT2D eigenvalue weighted by Gasteiger charge is 2.22. The molecule has 174 valence electrons. The molecular formula is C24H22FN5O3S. The van der Waals surface area contributed by atoms with Crippen molar-refractivity contribution in [1.82, 2.24) is 24.4 Å². The van der Waals surface area contributed by atoms with E-state index in [1.165, 1.54) is 28.0 Å². The Kier molecular flexibility index (Phi) is 6.33. The van der Waals surface area contributed by atoms with Crippen LogP contribution in [0.5, 0.6) is 5.75 Å². The molecule has 1 saturated heterocycles. The van der Waals surface area contributed by atoms with Gasteiger partial charge in [0, 0.05) is 44.4 Å². The zero-order valence-corrected chi connectivity index (χ0v) is 19.1. The summed E-state index contributed by atoms with van der Waals surface area (Å²) in [6, 6.07) is 17.1. The lowest BCUT2D eigenvalue weighted by Crippen LogP contribution is -2.49. The zero-order valence-electron chi connectivity index (χ0n) is 18.3. The smallest absolute Gasteiger partial charge is 0.275 e. The molecule has 1 aliphatic rings. The molecule has 2 aromatic heterocycles. The number of amides is 1. The van der Waals surface area contributed by atoms with Crippen LogP contribution in [0.15, 0.2) is 65.5 Å². The van der Waals surface area contributed by atoms with Gasteiger partial charge in [-0.25, -0.2) is 9.37 Å². The first-order chi connectivity index (χ1) is 16.6. The highest BCUT2D eigenvalue weighted by molar-refractivity contribution is 7.19. The lowest BCUT2D eigenvalue weighted by Gasteiger charge is -2.34. The molecule has 4 aromatic rings. The van der Waals surface area contributed by atoms with E-state index in [4.69, 9.17) is 4.74 Å². The third-order valence-electron chi connectivity index (χ3n) is 5.62. The first kappa shape index (κ1) is 22.2. The van der Waals surface area contributed by atoms with Crippen LogP contribution in [-0.4, -0.2) is 63.1 Å². The standard InChI is InChI=1S/C24H22FN5O3S/c25-20-9-5-4-8-19(20)23-27-30-21(31)14-17(26-24(30)34-23)15-28-10-12-29(13-11-28)22(32)16-33-18-6-2-1-3-7-18/h1-9,14H,10-13,15-16H2. The summed E-state index contributed by atoms with van der Waals surface area (Å²) in [5, 5.41) is 4.66. The molecule has 3 heterocycles. The van der Waals surface area contributed by atoms with E-state index in [1.807, 2.05) is 30.3 Å². The third-order valence-corrected chi connectivity index (χ3v) is 6.56. The zero-order chi connectivity index (χ0) is 23.5. The Bertz CT molecular complexity index is 1370. The quantitative estimate of drug-likeness (QED) is 0.423. The first-order valence-corrected chi connectivity index (χ1v) is 11.7. The normalized spacial score (nSPS) is 14.4. The first-order valence-electron chi connectivity index (χ1n) is 10.9. The molecule has 2 aromatic carbocycles. The van der Waals surface area contributed by atoms with E-state index in [0.717, 1.165) is 0 Å². The second-order valence-corrected chi connectivity index (χ2v) is 8.88. The minimum absolute atomic E-state index is 0.00865. The fraction of sp³-hybridized carbons (Fsp3) is 0.250. The maximum atomic E-state index is 14.1. The second kappa shape index (κ2) is 9.70. The molecule has 0 N–H and O–H groups in total. The average molecular weight is 480 g/mol. The van der Waals surface area contributed by atoms with E-state index in [9.17, 15) is 14.0 Å². The summed E-state index contributed by atoms with van der Waals surface area (Å²) in [5.74, 6) is 0.228. The van der Waals surface area contributed by atoms with Gasteiger partial charge in [-0.05, 0) is 24.3 Å². The number of hydrogen-bond donors (Lipinski definition) is 0. The maximum absolute atomic E-state index is 14.1. The number of halogens is 1. The summed E-state index contributed by atoms with van der Waals surface area (Å²) < 4.78 is 20.9. The molecule has 8 nitrogen and oxygen atoms in total. The largest absolute Gasteiger partial charge is 0.484 e. The lowest BCUT2D eigenvalue weighted by atomic mass is 10.2. The van der Waals surface area contributed by atoms with E-state index >= 15 is 0 Å². The van der Waals surface area contributed by atoms with Gasteiger partial charge in [-0.1, -0.05) is 41.7 Å². The summed E-state index contributed by atoms with van der Waals surface area (Å²) in [4.78, 5) is 34.0. The topological polar surface area (TPSA) is 80.0 Å². The Labute approximate surface area is 198 Å². The van der Waals surface area contributed by atoms with E-state index in [0.29, 0.717) is 59.7 Å². The minimum Gasteiger partial charge on any atom is -0.484 e. The molecule has 0 unspecified atom stereocenters. The predicted molar refractivity (Wildman–Crippen MR) is 126 cm³/mol. The highest BCUT2D eigenvalue weighted by atomic mass is 32.1. The molecular weight excluding hydrogens is 457 g/mol. The Balaban J connectivity index is 1.21. The SMILES string of the molecule is O=C(COc1ccccc1)N1CCN(Cc2cc(=O)n3nc(-c4ccccc4F)sc3n2)CC1. The van der Waals surface area contributed by atoms with E-state index in [2.05, 4.69) is 15.0 Å². The molecule has 1 aliphatic heterocycles. The van der Waals surface area contributed by atoms with Gasteiger partial charge in [0.05, 0.1) is 5.69 Å². The second-order valence-electron chi connectivity index (χ2n) is 7.93. The van der Waals surface area contributed by atoms with Gasteiger partial charge < -0.3 is 9.64 Å². The van der Waals surface area contributed by atoms with Gasteiger partial charge in [0.15, 0.2) is 11.6 Å². The number of hydrogen-bond acceptors (Lipinski definition) is 7. The summed E-state index contributed by atoms with van der Waals surface area (Å²) in [7, 11) is 0. The van der Waals surface area contributed by atoms with Gasteiger partial charge in [-0.2, -0.15) is 9.61 Å². The predicted octanol–water partition coefficient (Wildman–Crippen LogP) is 2.68. The lowest BCUT2D eigenvalue weighted by molar-refractivity contribution is -0.135. The molecule has 34 heavy (non-hydrogen) atoms. The van der Waals surface area contributed by atoms with Crippen molar-refractivity contribution in [2.24, 2.45) is 0 Å². The van der Waals surface area contributed by atoms with E-state index in [-0.39, 0.29) is 18.1 Å². The van der Waals surface area contributed by atoms with Crippen LogP contribution >= 0.6 is 11.3 Å². The monoisotopic (exact) mass is 479 g/mol. The Morgan fingerprint density at radius 1 is 1.03 bits per heavy atom. The van der Waals surface area contributed by atoms with Crippen molar-refractivity contribution < 1.29 is 13.9 Å². The molecule has 0 spiro atoms. The van der Waals surface area contributed by atoms with Crippen LogP contribution < -0.4 is 10.3 Å². The molecule has 0 radical (unpaired) electrons. The number of nitrogens with zero attached hydrogens (tertiary/aromatic N) is 5. The molecule has 0 saturated carbocycles. The molecule has 0 atom stereocenters. The maximum Gasteiger partial charge on any atom is 0.275 e. The molecule has 1 amide bonds. The van der Waals surface area contributed by atoms with Crippen LogP contribution in [0, 0.1) is 5.82 Å². The van der Waals surface area contributed by atoms with Crippen LogP contribution in [0.4, 0.5) is 4.39 Å². The van der Waals surface area contributed by atoms with Gasteiger partial charge in [0.1, 0.15) is 11.6 Å². The molecule has 10 heteroatoms.